The van der Waals surface area contributed by atoms with Crippen molar-refractivity contribution >= 4 is 56.1 Å². The molecule has 1 saturated heterocycles. The van der Waals surface area contributed by atoms with Crippen LogP contribution in [0.2, 0.25) is 0 Å². The summed E-state index contributed by atoms with van der Waals surface area (Å²) in [6, 6.07) is 9.02. The van der Waals surface area contributed by atoms with Gasteiger partial charge in [0.15, 0.2) is 0 Å². The smallest absolute Gasteiger partial charge is 0.147 e. The summed E-state index contributed by atoms with van der Waals surface area (Å²) in [6.07, 6.45) is 11.1. The highest BCUT2D eigenvalue weighted by molar-refractivity contribution is 8.25. The van der Waals surface area contributed by atoms with Crippen molar-refractivity contribution in [2.24, 2.45) is 5.73 Å². The van der Waals surface area contributed by atoms with Crippen LogP contribution in [0.4, 0.5) is 10.2 Å². The van der Waals surface area contributed by atoms with Crippen LogP contribution in [0.25, 0.3) is 51.8 Å². The first kappa shape index (κ1) is 28.5. The van der Waals surface area contributed by atoms with Gasteiger partial charge in [0.1, 0.15) is 17.3 Å². The van der Waals surface area contributed by atoms with Crippen LogP contribution >= 0.6 is 9.39 Å². The maximum atomic E-state index is 14.7. The predicted octanol–water partition coefficient (Wildman–Crippen LogP) is 3.29. The highest BCUT2D eigenvalue weighted by atomic mass is 32.2. The number of pyridine rings is 1. The zero-order valence-corrected chi connectivity index (χ0v) is 25.0. The Kier molecular flexibility index (Phi) is 7.47. The lowest BCUT2D eigenvalue weighted by atomic mass is 10.0. The van der Waals surface area contributed by atoms with E-state index in [0.29, 0.717) is 23.5 Å². The summed E-state index contributed by atoms with van der Waals surface area (Å²) < 4.78 is 17.9. The third kappa shape index (κ3) is 6.14. The van der Waals surface area contributed by atoms with Crippen LogP contribution in [0.5, 0.6) is 0 Å². The average molecular weight is 596 g/mol. The minimum atomic E-state index is -1.43. The molecule has 220 valence electrons. The number of benzene rings is 1. The minimum Gasteiger partial charge on any atom is -0.353 e. The number of nitrogens with two attached hydrogens (primary N) is 1. The quantitative estimate of drug-likeness (QED) is 0.203. The van der Waals surface area contributed by atoms with Gasteiger partial charge < -0.3 is 15.6 Å². The van der Waals surface area contributed by atoms with Gasteiger partial charge in [-0.15, -0.1) is 0 Å². The Morgan fingerprint density at radius 1 is 1.21 bits per heavy atom. The summed E-state index contributed by atoms with van der Waals surface area (Å²) in [7, 11) is -1.43. The molecule has 0 atom stereocenters. The molecule has 11 heteroatoms. The van der Waals surface area contributed by atoms with Gasteiger partial charge in [0.2, 0.25) is 0 Å². The van der Waals surface area contributed by atoms with Crippen LogP contribution in [0.15, 0.2) is 55.0 Å². The van der Waals surface area contributed by atoms with Crippen LogP contribution in [0.1, 0.15) is 18.2 Å². The number of hydrogen-bond donors (Lipinski definition) is 4. The molecule has 0 spiro atoms. The van der Waals surface area contributed by atoms with Crippen molar-refractivity contribution < 1.29 is 4.39 Å². The summed E-state index contributed by atoms with van der Waals surface area (Å²) in [4.78, 5) is 19.2. The van der Waals surface area contributed by atoms with Gasteiger partial charge >= 0.3 is 0 Å². The molecule has 1 aliphatic rings. The first-order valence-corrected chi connectivity index (χ1v) is 16.1. The molecule has 4 aromatic heterocycles. The Morgan fingerprint density at radius 3 is 2.79 bits per heavy atom. The Bertz CT molecular complexity index is 2090. The van der Waals surface area contributed by atoms with Crippen LogP contribution in [-0.2, 0) is 6.54 Å². The molecule has 1 aliphatic heterocycles. The first-order valence-electron chi connectivity index (χ1n) is 13.8. The summed E-state index contributed by atoms with van der Waals surface area (Å²) in [5.41, 5.74) is 12.2. The van der Waals surface area contributed by atoms with E-state index in [2.05, 4.69) is 53.1 Å². The Labute approximate surface area is 249 Å². The van der Waals surface area contributed by atoms with E-state index >= 15 is 0 Å². The van der Waals surface area contributed by atoms with Crippen LogP contribution < -0.4 is 25.9 Å². The molecule has 0 amide bonds. The van der Waals surface area contributed by atoms with Crippen molar-refractivity contribution in [1.82, 2.24) is 34.9 Å². The highest BCUT2D eigenvalue weighted by Gasteiger charge is 2.24. The third-order valence-electron chi connectivity index (χ3n) is 7.32. The van der Waals surface area contributed by atoms with E-state index in [9.17, 15) is 4.39 Å². The number of H-pyrrole nitrogens is 2. The maximum Gasteiger partial charge on any atom is 0.147 e. The summed E-state index contributed by atoms with van der Waals surface area (Å²) in [6.45, 7) is 8.31. The lowest BCUT2D eigenvalue weighted by Gasteiger charge is -2.37. The van der Waals surface area contributed by atoms with Crippen LogP contribution in [0, 0.1) is 5.82 Å². The lowest BCUT2D eigenvalue weighted by molar-refractivity contribution is 0.513. The van der Waals surface area contributed by atoms with Gasteiger partial charge in [0.25, 0.3) is 0 Å². The van der Waals surface area contributed by atoms with Crippen LogP contribution in [-0.4, -0.2) is 67.3 Å². The van der Waals surface area contributed by atoms with Gasteiger partial charge in [0.05, 0.1) is 34.8 Å². The zero-order valence-electron chi connectivity index (χ0n) is 24.2. The normalized spacial score (nSPS) is 14.9. The van der Waals surface area contributed by atoms with Gasteiger partial charge in [0, 0.05) is 53.6 Å². The van der Waals surface area contributed by atoms with Gasteiger partial charge in [-0.05, 0) is 60.7 Å². The molecular weight excluding hydrogens is 561 g/mol. The fourth-order valence-electron chi connectivity index (χ4n) is 4.99. The van der Waals surface area contributed by atoms with Crippen molar-refractivity contribution in [3.8, 4) is 22.6 Å². The molecule has 0 radical (unpaired) electrons. The van der Waals surface area contributed by atoms with E-state index < -0.39 is 9.39 Å². The molecule has 5 aromatic rings. The molecule has 5 heterocycles. The molecule has 6 rings (SSSR count). The van der Waals surface area contributed by atoms with Gasteiger partial charge in [-0.1, -0.05) is 24.4 Å². The second kappa shape index (κ2) is 11.3. The topological polar surface area (TPSA) is 124 Å². The number of aromatic nitrogens is 6. The van der Waals surface area contributed by atoms with Crippen molar-refractivity contribution in [3.05, 3.63) is 82.6 Å². The number of anilines is 1. The number of nitrogens with one attached hydrogen (secondary N) is 3. The second-order valence-corrected chi connectivity index (χ2v) is 14.0. The fraction of sp³-hybridized carbons (Fsp3) is 0.188. The first-order chi connectivity index (χ1) is 20.5. The molecule has 1 fully saturated rings. The molecule has 0 aliphatic carbocycles. The van der Waals surface area contributed by atoms with Crippen LogP contribution in [0.3, 0.4) is 0 Å². The second-order valence-electron chi connectivity index (χ2n) is 11.2. The number of aromatic amines is 2. The lowest BCUT2D eigenvalue weighted by Crippen LogP contribution is -2.56. The highest BCUT2D eigenvalue weighted by Crippen LogP contribution is 2.30. The largest absolute Gasteiger partial charge is 0.353 e. The molecule has 0 unspecified atom stereocenters. The van der Waals surface area contributed by atoms with Gasteiger partial charge in [-0.3, -0.25) is 19.8 Å². The molecular formula is C32H34FN9S. The number of allylic oxidation sites excluding steroid dienone is 2. The number of hydrogen-bond acceptors (Lipinski definition) is 7. The zero-order chi connectivity index (χ0) is 30.3. The van der Waals surface area contributed by atoms with E-state index in [4.69, 9.17) is 10.7 Å². The summed E-state index contributed by atoms with van der Waals surface area (Å²) >= 11 is 0. The SMILES string of the molecule is C=c1c(-c2cc3c(-c4cc(F)cc(CNS(=C)(=C)C)c4)nccc3[nH]2)n[nH]/c1=C/C=C(\C)c1cncc(N2CC(N)C2)n1. The molecule has 9 nitrogen and oxygen atoms in total. The molecule has 0 bridgehead atoms. The predicted molar refractivity (Wildman–Crippen MR) is 179 cm³/mol. The standard InChI is InChI=1S/C32H34FN9S/c1-19(29-15-35-16-30(39-29)42-17-24(34)18-42)6-7-26-20(2)31(41-40-26)28-13-25-27(38-28)8-9-36-32(25)22-10-21(11-23(33)12-22)14-37-43(3,4)5/h6-13,15-16,24,37-38,40H,2-4,14,17-18,34H2,1,5H3/b19-6+,26-7+. The maximum absolute atomic E-state index is 14.7. The average Bonchev–Trinajstić information content (AvgIpc) is 3.55. The van der Waals surface area contributed by atoms with Crippen molar-refractivity contribution in [3.63, 3.8) is 0 Å². The molecule has 1 aromatic carbocycles. The Hall–Kier alpha value is -4.58. The Morgan fingerprint density at radius 2 is 2.02 bits per heavy atom. The van der Waals surface area contributed by atoms with E-state index in [1.165, 1.54) is 12.1 Å². The van der Waals surface area contributed by atoms with Crippen molar-refractivity contribution in [2.75, 3.05) is 24.2 Å². The number of rotatable bonds is 8. The van der Waals surface area contributed by atoms with E-state index in [1.54, 1.807) is 18.6 Å². The number of nitrogens with zero attached hydrogens (tertiary/aromatic N) is 5. The molecule has 0 saturated carbocycles. The summed E-state index contributed by atoms with van der Waals surface area (Å²) in [5.74, 6) is 8.58. The third-order valence-corrected chi connectivity index (χ3v) is 8.16. The molecule has 5 N–H and O–H groups in total. The minimum absolute atomic E-state index is 0.187. The van der Waals surface area contributed by atoms with E-state index in [1.807, 2.05) is 43.5 Å². The number of halogens is 1. The van der Waals surface area contributed by atoms with Crippen molar-refractivity contribution in [1.29, 1.82) is 0 Å². The monoisotopic (exact) mass is 595 g/mol. The van der Waals surface area contributed by atoms with Crippen molar-refractivity contribution in [2.45, 2.75) is 19.5 Å². The van der Waals surface area contributed by atoms with Gasteiger partial charge in [-0.25, -0.2) is 9.37 Å². The van der Waals surface area contributed by atoms with E-state index in [0.717, 1.165) is 62.9 Å². The fourth-order valence-corrected chi connectivity index (χ4v) is 5.50. The van der Waals surface area contributed by atoms with Gasteiger partial charge in [-0.2, -0.15) is 14.5 Å². The van der Waals surface area contributed by atoms with E-state index in [-0.39, 0.29) is 11.9 Å². The Balaban J connectivity index is 1.30. The summed E-state index contributed by atoms with van der Waals surface area (Å²) in [5, 5.41) is 10.0. The number of fused-ring (bicyclic) bond motifs is 1. The molecule has 43 heavy (non-hydrogen) atoms.